The minimum atomic E-state index is -4.70. The molecule has 0 bridgehead atoms. The topological polar surface area (TPSA) is 52.9 Å². The van der Waals surface area contributed by atoms with Gasteiger partial charge in [0.25, 0.3) is 5.91 Å². The number of carbonyl (C=O) groups excluding carboxylic acids is 1. The average Bonchev–Trinajstić information content (AvgIpc) is 3.06. The van der Waals surface area contributed by atoms with E-state index in [1.807, 2.05) is 12.1 Å². The van der Waals surface area contributed by atoms with E-state index in [9.17, 15) is 22.4 Å². The van der Waals surface area contributed by atoms with E-state index in [1.165, 1.54) is 12.1 Å². The van der Waals surface area contributed by atoms with Crippen molar-refractivity contribution in [2.24, 2.45) is 0 Å². The minimum absolute atomic E-state index is 0. The van der Waals surface area contributed by atoms with Gasteiger partial charge in [0.1, 0.15) is 5.82 Å². The Hall–Kier alpha value is -1.75. The summed E-state index contributed by atoms with van der Waals surface area (Å²) in [6.45, 7) is 0. The molecule has 3 aromatic carbocycles. The van der Waals surface area contributed by atoms with E-state index in [-0.39, 0.29) is 66.8 Å². The fraction of sp³-hybridized carbons (Fsp3) is 0.174. The van der Waals surface area contributed by atoms with E-state index in [0.29, 0.717) is 24.6 Å². The maximum absolute atomic E-state index is 13.9. The number of anilines is 1. The molecule has 0 heterocycles. The number of amides is 1. The molecule has 31 heavy (non-hydrogen) atoms. The molecule has 1 aliphatic rings. The molecule has 0 spiro atoms. The summed E-state index contributed by atoms with van der Waals surface area (Å²) >= 11 is 0. The van der Waals surface area contributed by atoms with Gasteiger partial charge in [-0.3, -0.25) is 4.79 Å². The van der Waals surface area contributed by atoms with Crippen molar-refractivity contribution in [2.75, 3.05) is 5.32 Å². The van der Waals surface area contributed by atoms with Crippen LogP contribution in [0.3, 0.4) is 0 Å². The number of nitrogens with one attached hydrogen (secondary N) is 2. The molecule has 8 heteroatoms. The van der Waals surface area contributed by atoms with Gasteiger partial charge < -0.3 is 11.1 Å². The maximum atomic E-state index is 13.9. The number of hydrogen-bond donors (Lipinski definition) is 1. The van der Waals surface area contributed by atoms with Crippen molar-refractivity contribution >= 4 is 11.6 Å². The van der Waals surface area contributed by atoms with Crippen LogP contribution in [0.15, 0.2) is 60.7 Å². The number of carbonyl (C=O) groups is 1. The first-order chi connectivity index (χ1) is 14.2. The molecule has 0 fully saturated rings. The van der Waals surface area contributed by atoms with Crippen molar-refractivity contribution in [1.82, 2.24) is 0 Å². The van der Waals surface area contributed by atoms with Crippen LogP contribution < -0.4 is 5.32 Å². The fourth-order valence-corrected chi connectivity index (χ4v) is 3.74. The van der Waals surface area contributed by atoms with E-state index in [0.717, 1.165) is 23.3 Å². The molecular weight excluding hydrogens is 623 g/mol. The molecule has 0 aromatic heterocycles. The molecule has 3 aromatic rings. The van der Waals surface area contributed by atoms with Crippen molar-refractivity contribution in [3.8, 4) is 11.1 Å². The Balaban J connectivity index is 0.00000272. The van der Waals surface area contributed by atoms with Crippen molar-refractivity contribution in [2.45, 2.75) is 25.1 Å². The third-order valence-corrected chi connectivity index (χ3v) is 5.10. The van der Waals surface area contributed by atoms with Gasteiger partial charge in [0.2, 0.25) is 0 Å². The second-order valence-corrected chi connectivity index (χ2v) is 7.31. The van der Waals surface area contributed by atoms with Crippen LogP contribution in [0.1, 0.15) is 27.0 Å². The van der Waals surface area contributed by atoms with E-state index in [2.05, 4.69) is 5.32 Å². The van der Waals surface area contributed by atoms with Gasteiger partial charge in [-0.05, 0) is 71.5 Å². The van der Waals surface area contributed by atoms with E-state index in [4.69, 9.17) is 5.73 Å². The number of fused-ring (bicyclic) bond motifs is 1. The Morgan fingerprint density at radius 2 is 1.68 bits per heavy atom. The summed E-state index contributed by atoms with van der Waals surface area (Å²) in [6, 6.07) is 13.6. The van der Waals surface area contributed by atoms with Gasteiger partial charge in [-0.15, -0.1) is 6.04 Å². The molecule has 1 amide bonds. The van der Waals surface area contributed by atoms with E-state index >= 15 is 0 Å². The summed E-state index contributed by atoms with van der Waals surface area (Å²) in [5, 5.41) is 2.76. The number of alkyl halides is 3. The van der Waals surface area contributed by atoms with Crippen molar-refractivity contribution in [3.63, 3.8) is 0 Å². The first-order valence-corrected chi connectivity index (χ1v) is 9.32. The third kappa shape index (κ3) is 5.36. The predicted molar refractivity (Wildman–Crippen MR) is 107 cm³/mol. The summed E-state index contributed by atoms with van der Waals surface area (Å²) in [5.74, 6) is -1.54. The van der Waals surface area contributed by atoms with Crippen LogP contribution in [0, 0.1) is 49.9 Å². The van der Waals surface area contributed by atoms with Crippen LogP contribution in [0.25, 0.3) is 16.9 Å². The fourth-order valence-electron chi connectivity index (χ4n) is 3.74. The SMILES string of the molecule is [Ac].[NH-]C1Cc2ccc(NC(=O)c3ccccc3-c3cc(F)cc(C(F)(F)F)c3)cc2C1. The first-order valence-electron chi connectivity index (χ1n) is 9.32. The molecule has 0 saturated carbocycles. The largest absolute Gasteiger partial charge is 0.674 e. The zero-order chi connectivity index (χ0) is 21.5. The molecule has 4 rings (SSSR count). The summed E-state index contributed by atoms with van der Waals surface area (Å²) in [4.78, 5) is 12.9. The Morgan fingerprint density at radius 1 is 0.968 bits per heavy atom. The number of benzene rings is 3. The number of rotatable bonds is 3. The number of halogens is 4. The van der Waals surface area contributed by atoms with Crippen molar-refractivity contribution in [1.29, 1.82) is 0 Å². The van der Waals surface area contributed by atoms with Crippen LogP contribution in [-0.2, 0) is 19.0 Å². The molecule has 157 valence electrons. The van der Waals surface area contributed by atoms with Gasteiger partial charge in [-0.1, -0.05) is 24.3 Å². The Kier molecular flexibility index (Phi) is 7.25. The van der Waals surface area contributed by atoms with E-state index < -0.39 is 23.5 Å². The summed E-state index contributed by atoms with van der Waals surface area (Å²) in [5.41, 5.74) is 9.68. The quantitative estimate of drug-likeness (QED) is 0.337. The van der Waals surface area contributed by atoms with Crippen LogP contribution in [0.2, 0.25) is 0 Å². The standard InChI is InChI=1S/C23H17F4N2O.Ac/c24-17-8-15(7-16(12-17)23(25,26)27)20-3-1-2-4-21(20)22(30)29-19-6-5-13-9-18(28)10-14(13)11-19;/h1-8,11-12,18,28H,9-10H2,(H,29,30);/q-1;. The third-order valence-electron chi connectivity index (χ3n) is 5.10. The molecular formula is C23H17AcF4N2O-. The Labute approximate surface area is 212 Å². The summed E-state index contributed by atoms with van der Waals surface area (Å²) < 4.78 is 53.1. The molecule has 3 nitrogen and oxygen atoms in total. The van der Waals surface area contributed by atoms with Gasteiger partial charge >= 0.3 is 6.18 Å². The van der Waals surface area contributed by atoms with Gasteiger partial charge in [0, 0.05) is 55.3 Å². The van der Waals surface area contributed by atoms with Crippen molar-refractivity contribution < 1.29 is 66.4 Å². The molecule has 2 N–H and O–H groups in total. The van der Waals surface area contributed by atoms with Gasteiger partial charge in [-0.2, -0.15) is 13.2 Å². The van der Waals surface area contributed by atoms with E-state index in [1.54, 1.807) is 18.2 Å². The molecule has 1 unspecified atom stereocenters. The summed E-state index contributed by atoms with van der Waals surface area (Å²) in [7, 11) is 0. The summed E-state index contributed by atoms with van der Waals surface area (Å²) in [6.07, 6.45) is -3.42. The zero-order valence-electron chi connectivity index (χ0n) is 16.3. The Bertz CT molecular complexity index is 1130. The van der Waals surface area contributed by atoms with Gasteiger partial charge in [0.15, 0.2) is 0 Å². The van der Waals surface area contributed by atoms with Crippen LogP contribution in [-0.4, -0.2) is 11.9 Å². The smallest absolute Gasteiger partial charge is 0.416 e. The monoisotopic (exact) mass is 640 g/mol. The first kappa shape index (κ1) is 23.9. The molecule has 1 atom stereocenters. The zero-order valence-corrected chi connectivity index (χ0v) is 21.0. The average molecular weight is 640 g/mol. The molecule has 1 radical (unpaired) electrons. The van der Waals surface area contributed by atoms with Gasteiger partial charge in [-0.25, -0.2) is 4.39 Å². The molecule has 0 saturated heterocycles. The van der Waals surface area contributed by atoms with Crippen LogP contribution in [0.4, 0.5) is 23.2 Å². The minimum Gasteiger partial charge on any atom is -0.674 e. The second-order valence-electron chi connectivity index (χ2n) is 7.31. The van der Waals surface area contributed by atoms with Crippen LogP contribution >= 0.6 is 0 Å². The number of hydrogen-bond acceptors (Lipinski definition) is 1. The van der Waals surface area contributed by atoms with Crippen LogP contribution in [0.5, 0.6) is 0 Å². The van der Waals surface area contributed by atoms with Gasteiger partial charge in [0.05, 0.1) is 5.56 Å². The normalized spacial score (nSPS) is 15.2. The molecule has 1 aliphatic carbocycles. The Morgan fingerprint density at radius 3 is 2.42 bits per heavy atom. The molecule has 0 aliphatic heterocycles. The second kappa shape index (κ2) is 9.40. The maximum Gasteiger partial charge on any atom is 0.416 e. The predicted octanol–water partition coefficient (Wildman–Crippen LogP) is 6.28. The van der Waals surface area contributed by atoms with Crippen molar-refractivity contribution in [3.05, 3.63) is 94.5 Å².